The Bertz CT molecular complexity index is 493. The lowest BCUT2D eigenvalue weighted by Gasteiger charge is -2.43. The molecule has 2 fully saturated rings. The topological polar surface area (TPSA) is 44.5 Å². The van der Waals surface area contributed by atoms with Crippen LogP contribution in [0.15, 0.2) is 24.3 Å². The first-order valence-electron chi connectivity index (χ1n) is 6.64. The molecule has 1 atom stereocenters. The Hall–Kier alpha value is -1.27. The van der Waals surface area contributed by atoms with Crippen LogP contribution in [-0.2, 0) is 10.3 Å². The molecule has 1 aliphatic heterocycles. The molecule has 1 unspecified atom stereocenters. The molecule has 3 nitrogen and oxygen atoms in total. The maximum absolute atomic E-state index is 13.2. The molecule has 3 rings (SSSR count). The van der Waals surface area contributed by atoms with Crippen molar-refractivity contribution in [2.75, 3.05) is 6.61 Å². The fraction of sp³-hybridized carbons (Fsp3) is 0.571. The predicted molar refractivity (Wildman–Crippen MR) is 66.4 cm³/mol. The van der Waals surface area contributed by atoms with E-state index in [1.165, 1.54) is 12.1 Å². The highest BCUT2D eigenvalue weighted by atomic mass is 19.4. The number of rotatable bonds is 3. The van der Waals surface area contributed by atoms with Crippen LogP contribution >= 0.6 is 0 Å². The molecule has 1 saturated carbocycles. The summed E-state index contributed by atoms with van der Waals surface area (Å²) < 4.78 is 50.1. The van der Waals surface area contributed by atoms with Crippen molar-refractivity contribution in [3.63, 3.8) is 0 Å². The van der Waals surface area contributed by atoms with E-state index in [0.717, 1.165) is 12.8 Å². The smallest absolute Gasteiger partial charge is 0.421 e. The highest BCUT2D eigenvalue weighted by molar-refractivity contribution is 5.35. The largest absolute Gasteiger partial charge is 0.490 e. The van der Waals surface area contributed by atoms with Crippen LogP contribution in [0.4, 0.5) is 13.2 Å². The summed E-state index contributed by atoms with van der Waals surface area (Å²) in [4.78, 5) is 0. The Morgan fingerprint density at radius 2 is 2.00 bits per heavy atom. The molecule has 1 aromatic rings. The molecule has 1 aliphatic carbocycles. The molecule has 0 spiro atoms. The van der Waals surface area contributed by atoms with Crippen molar-refractivity contribution in [2.45, 2.75) is 43.2 Å². The van der Waals surface area contributed by atoms with Gasteiger partial charge in [0, 0.05) is 12.5 Å². The van der Waals surface area contributed by atoms with Gasteiger partial charge in [-0.25, -0.2) is 0 Å². The maximum atomic E-state index is 13.2. The standard InChI is InChI=1S/C14H16F3NO2/c15-14(16,17)13(4-5-19-13)9-2-1-3-11(6-9)20-12-7-10(18)8-12/h1-3,6,10,12H,4-5,7-8,18H2. The van der Waals surface area contributed by atoms with Gasteiger partial charge in [-0.3, -0.25) is 0 Å². The van der Waals surface area contributed by atoms with E-state index in [4.69, 9.17) is 15.2 Å². The van der Waals surface area contributed by atoms with Crippen LogP contribution in [0.3, 0.4) is 0 Å². The first kappa shape index (κ1) is 13.7. The van der Waals surface area contributed by atoms with Crippen LogP contribution in [0.25, 0.3) is 0 Å². The molecular weight excluding hydrogens is 271 g/mol. The van der Waals surface area contributed by atoms with E-state index in [0.29, 0.717) is 5.75 Å². The number of ether oxygens (including phenoxy) is 2. The van der Waals surface area contributed by atoms with Gasteiger partial charge in [0.15, 0.2) is 5.60 Å². The maximum Gasteiger partial charge on any atom is 0.421 e. The van der Waals surface area contributed by atoms with Crippen LogP contribution in [0, 0.1) is 0 Å². The molecular formula is C14H16F3NO2. The Morgan fingerprint density at radius 3 is 2.50 bits per heavy atom. The lowest BCUT2D eigenvalue weighted by atomic mass is 9.85. The van der Waals surface area contributed by atoms with Gasteiger partial charge in [0.2, 0.25) is 0 Å². The van der Waals surface area contributed by atoms with Crippen LogP contribution < -0.4 is 10.5 Å². The van der Waals surface area contributed by atoms with E-state index >= 15 is 0 Å². The Balaban J connectivity index is 1.80. The lowest BCUT2D eigenvalue weighted by molar-refractivity contribution is -0.333. The van der Waals surface area contributed by atoms with Crippen molar-refractivity contribution in [1.29, 1.82) is 0 Å². The Morgan fingerprint density at radius 1 is 1.30 bits per heavy atom. The zero-order valence-corrected chi connectivity index (χ0v) is 10.8. The number of nitrogens with two attached hydrogens (primary N) is 1. The van der Waals surface area contributed by atoms with Gasteiger partial charge in [0.1, 0.15) is 11.9 Å². The number of halogens is 3. The molecule has 0 aromatic heterocycles. The summed E-state index contributed by atoms with van der Waals surface area (Å²) in [5, 5.41) is 0. The molecule has 110 valence electrons. The van der Waals surface area contributed by atoms with Gasteiger partial charge in [-0.15, -0.1) is 0 Å². The van der Waals surface area contributed by atoms with E-state index in [1.807, 2.05) is 0 Å². The second-order valence-electron chi connectivity index (χ2n) is 5.42. The van der Waals surface area contributed by atoms with Gasteiger partial charge in [-0.1, -0.05) is 12.1 Å². The summed E-state index contributed by atoms with van der Waals surface area (Å²) in [6.07, 6.45) is -2.97. The molecule has 2 N–H and O–H groups in total. The minimum absolute atomic E-state index is 0.00407. The summed E-state index contributed by atoms with van der Waals surface area (Å²) in [5.41, 5.74) is 3.61. The highest BCUT2D eigenvalue weighted by Gasteiger charge is 2.61. The van der Waals surface area contributed by atoms with Gasteiger partial charge >= 0.3 is 6.18 Å². The van der Waals surface area contributed by atoms with Gasteiger partial charge in [0.25, 0.3) is 0 Å². The van der Waals surface area contributed by atoms with Crippen LogP contribution in [-0.4, -0.2) is 24.9 Å². The van der Waals surface area contributed by atoms with Gasteiger partial charge in [-0.05, 0) is 30.5 Å². The van der Waals surface area contributed by atoms with Crippen LogP contribution in [0.2, 0.25) is 0 Å². The highest BCUT2D eigenvalue weighted by Crippen LogP contribution is 2.50. The normalized spacial score (nSPS) is 33.2. The van der Waals surface area contributed by atoms with Gasteiger partial charge < -0.3 is 15.2 Å². The fourth-order valence-corrected chi connectivity index (χ4v) is 2.64. The number of benzene rings is 1. The van der Waals surface area contributed by atoms with Crippen molar-refractivity contribution in [3.05, 3.63) is 29.8 Å². The summed E-state index contributed by atoms with van der Waals surface area (Å²) in [6.45, 7) is 0.127. The zero-order chi connectivity index (χ0) is 14.4. The summed E-state index contributed by atoms with van der Waals surface area (Å²) in [5.74, 6) is 0.443. The minimum Gasteiger partial charge on any atom is -0.490 e. The van der Waals surface area contributed by atoms with E-state index < -0.39 is 11.8 Å². The van der Waals surface area contributed by atoms with Gasteiger partial charge in [-0.2, -0.15) is 13.2 Å². The third-order valence-corrected chi connectivity index (χ3v) is 3.99. The monoisotopic (exact) mass is 287 g/mol. The number of hydrogen-bond donors (Lipinski definition) is 1. The van der Waals surface area contributed by atoms with Crippen LogP contribution in [0.1, 0.15) is 24.8 Å². The van der Waals surface area contributed by atoms with E-state index in [2.05, 4.69) is 0 Å². The summed E-state index contributed by atoms with van der Waals surface area (Å²) in [6, 6.07) is 6.23. The van der Waals surface area contributed by atoms with Crippen molar-refractivity contribution < 1.29 is 22.6 Å². The van der Waals surface area contributed by atoms with Crippen molar-refractivity contribution in [2.24, 2.45) is 5.73 Å². The quantitative estimate of drug-likeness (QED) is 0.929. The second kappa shape index (κ2) is 4.63. The lowest BCUT2D eigenvalue weighted by Crippen LogP contribution is -2.52. The minimum atomic E-state index is -4.41. The molecule has 1 heterocycles. The number of alkyl halides is 3. The molecule has 0 amide bonds. The molecule has 2 aliphatic rings. The third-order valence-electron chi connectivity index (χ3n) is 3.99. The Labute approximate surface area is 114 Å². The van der Waals surface area contributed by atoms with E-state index in [1.54, 1.807) is 12.1 Å². The van der Waals surface area contributed by atoms with Crippen molar-refractivity contribution in [1.82, 2.24) is 0 Å². The molecule has 1 saturated heterocycles. The predicted octanol–water partition coefficient (Wildman–Crippen LogP) is 2.73. The third kappa shape index (κ3) is 2.16. The van der Waals surface area contributed by atoms with E-state index in [-0.39, 0.29) is 30.7 Å². The van der Waals surface area contributed by atoms with E-state index in [9.17, 15) is 13.2 Å². The summed E-state index contributed by atoms with van der Waals surface area (Å²) >= 11 is 0. The van der Waals surface area contributed by atoms with Crippen molar-refractivity contribution in [3.8, 4) is 5.75 Å². The average Bonchev–Trinajstić information content (AvgIpc) is 2.24. The molecule has 0 bridgehead atoms. The Kier molecular flexibility index (Phi) is 3.17. The summed E-state index contributed by atoms with van der Waals surface area (Å²) in [7, 11) is 0. The fourth-order valence-electron chi connectivity index (χ4n) is 2.64. The first-order chi connectivity index (χ1) is 9.41. The molecule has 1 aromatic carbocycles. The zero-order valence-electron chi connectivity index (χ0n) is 10.8. The van der Waals surface area contributed by atoms with Crippen molar-refractivity contribution >= 4 is 0 Å². The number of hydrogen-bond acceptors (Lipinski definition) is 3. The van der Waals surface area contributed by atoms with Gasteiger partial charge in [0.05, 0.1) is 6.61 Å². The SMILES string of the molecule is NC1CC(Oc2cccc(C3(C(F)(F)F)CCO3)c2)C1. The first-order valence-corrected chi connectivity index (χ1v) is 6.64. The molecule has 6 heteroatoms. The van der Waals surface area contributed by atoms with Crippen LogP contribution in [0.5, 0.6) is 5.75 Å². The molecule has 20 heavy (non-hydrogen) atoms. The second-order valence-corrected chi connectivity index (χ2v) is 5.42. The molecule has 0 radical (unpaired) electrons. The average molecular weight is 287 g/mol.